The lowest BCUT2D eigenvalue weighted by atomic mass is 10.1. The number of anilines is 2. The normalized spacial score (nSPS) is 17.4. The minimum Gasteiger partial charge on any atom is -0.379 e. The molecule has 0 atom stereocenters. The third-order valence-corrected chi connectivity index (χ3v) is 8.07. The molecule has 0 bridgehead atoms. The van der Waals surface area contributed by atoms with Crippen LogP contribution in [0.4, 0.5) is 11.4 Å². The predicted octanol–water partition coefficient (Wildman–Crippen LogP) is 1.64. The van der Waals surface area contributed by atoms with Gasteiger partial charge in [0.25, 0.3) is 5.91 Å². The number of ether oxygens (including phenoxy) is 2. The molecule has 0 saturated carbocycles. The maximum atomic E-state index is 13.4. The van der Waals surface area contributed by atoms with Gasteiger partial charge in [-0.2, -0.15) is 4.31 Å². The number of amides is 1. The number of carbonyl (C=O) groups excluding carboxylic acids is 1. The van der Waals surface area contributed by atoms with Gasteiger partial charge in [0.05, 0.1) is 48.3 Å². The van der Waals surface area contributed by atoms with E-state index in [1.807, 2.05) is 18.2 Å². The van der Waals surface area contributed by atoms with Crippen molar-refractivity contribution in [3.05, 3.63) is 64.4 Å². The molecule has 3 aromatic rings. The zero-order chi connectivity index (χ0) is 24.4. The number of benzene rings is 2. The average molecular weight is 499 g/mol. The smallest absolute Gasteiger partial charge is 0.256 e. The van der Waals surface area contributed by atoms with Gasteiger partial charge in [0.1, 0.15) is 0 Å². The molecule has 2 N–H and O–H groups in total. The molecule has 5 rings (SSSR count). The summed E-state index contributed by atoms with van der Waals surface area (Å²) >= 11 is 0. The van der Waals surface area contributed by atoms with Crippen LogP contribution in [0.1, 0.15) is 10.4 Å². The molecule has 2 fully saturated rings. The number of para-hydroxylation sites is 2. The highest BCUT2D eigenvalue weighted by Crippen LogP contribution is 2.28. The predicted molar refractivity (Wildman–Crippen MR) is 132 cm³/mol. The first-order valence-corrected chi connectivity index (χ1v) is 12.9. The maximum absolute atomic E-state index is 13.4. The van der Waals surface area contributed by atoms with E-state index in [1.165, 1.54) is 28.6 Å². The summed E-state index contributed by atoms with van der Waals surface area (Å²) in [7, 11) is -3.78. The Morgan fingerprint density at radius 1 is 0.914 bits per heavy atom. The highest BCUT2D eigenvalue weighted by atomic mass is 32.2. The van der Waals surface area contributed by atoms with Gasteiger partial charge in [0.15, 0.2) is 0 Å². The first kappa shape index (κ1) is 23.5. The zero-order valence-corrected chi connectivity index (χ0v) is 19.8. The lowest BCUT2D eigenvalue weighted by Gasteiger charge is -2.30. The Morgan fingerprint density at radius 3 is 2.34 bits per heavy atom. The molecule has 0 spiro atoms. The molecule has 0 aliphatic carbocycles. The largest absolute Gasteiger partial charge is 0.379 e. The van der Waals surface area contributed by atoms with Gasteiger partial charge in [-0.05, 0) is 30.3 Å². The van der Waals surface area contributed by atoms with Crippen molar-refractivity contribution in [2.24, 2.45) is 0 Å². The molecule has 2 saturated heterocycles. The van der Waals surface area contributed by atoms with Crippen molar-refractivity contribution in [1.29, 1.82) is 0 Å². The number of nitrogens with one attached hydrogen (secondary N) is 2. The van der Waals surface area contributed by atoms with Crippen LogP contribution in [0.5, 0.6) is 0 Å². The number of hydrogen-bond donors (Lipinski definition) is 2. The Hall–Kier alpha value is -3.25. The molecule has 0 unspecified atom stereocenters. The van der Waals surface area contributed by atoms with Gasteiger partial charge in [-0.1, -0.05) is 12.1 Å². The fraction of sp³-hybridized carbons (Fsp3) is 0.333. The number of morpholine rings is 2. The molecule has 2 aliphatic heterocycles. The highest BCUT2D eigenvalue weighted by Gasteiger charge is 2.27. The van der Waals surface area contributed by atoms with Crippen molar-refractivity contribution in [3.63, 3.8) is 0 Å². The fourth-order valence-corrected chi connectivity index (χ4v) is 5.80. The second-order valence-electron chi connectivity index (χ2n) is 8.34. The van der Waals surface area contributed by atoms with Crippen molar-refractivity contribution >= 4 is 38.2 Å². The number of aromatic nitrogens is 1. The minimum atomic E-state index is -3.78. The van der Waals surface area contributed by atoms with E-state index >= 15 is 0 Å². The molecule has 184 valence electrons. The van der Waals surface area contributed by atoms with Gasteiger partial charge < -0.3 is 24.7 Å². The van der Waals surface area contributed by atoms with Crippen LogP contribution in [0.25, 0.3) is 10.9 Å². The van der Waals surface area contributed by atoms with Crippen LogP contribution in [0.15, 0.2) is 58.2 Å². The van der Waals surface area contributed by atoms with Crippen LogP contribution in [0.2, 0.25) is 0 Å². The Labute approximate surface area is 202 Å². The van der Waals surface area contributed by atoms with Gasteiger partial charge in [-0.15, -0.1) is 0 Å². The van der Waals surface area contributed by atoms with Crippen molar-refractivity contribution in [1.82, 2.24) is 9.29 Å². The number of hydrogen-bond acceptors (Lipinski definition) is 7. The molecule has 11 heteroatoms. The average Bonchev–Trinajstić information content (AvgIpc) is 2.89. The topological polar surface area (TPSA) is 121 Å². The molecule has 1 amide bonds. The summed E-state index contributed by atoms with van der Waals surface area (Å²) in [4.78, 5) is 30.6. The molecule has 2 aliphatic rings. The van der Waals surface area contributed by atoms with E-state index in [1.54, 1.807) is 6.07 Å². The van der Waals surface area contributed by atoms with E-state index in [0.717, 1.165) is 5.69 Å². The second kappa shape index (κ2) is 9.78. The first-order valence-electron chi connectivity index (χ1n) is 11.4. The van der Waals surface area contributed by atoms with Gasteiger partial charge in [0.2, 0.25) is 15.6 Å². The number of sulfonamides is 1. The molecule has 35 heavy (non-hydrogen) atoms. The standard InChI is InChI=1S/C24H26N4O6S/c29-23-16-19(24(30)26-21-3-1-2-4-22(21)27-7-11-33-12-8-27)18-15-17(5-6-20(18)25-23)35(31,32)28-9-13-34-14-10-28/h1-6,15-16H,7-14H2,(H,25,29)(H,26,30). The van der Waals surface area contributed by atoms with E-state index in [-0.39, 0.29) is 23.5 Å². The molecule has 3 heterocycles. The van der Waals surface area contributed by atoms with Crippen LogP contribution in [-0.4, -0.2) is 76.2 Å². The number of H-pyrrole nitrogens is 1. The minimum absolute atomic E-state index is 0.0571. The van der Waals surface area contributed by atoms with E-state index in [2.05, 4.69) is 15.2 Å². The Morgan fingerprint density at radius 2 is 1.60 bits per heavy atom. The summed E-state index contributed by atoms with van der Waals surface area (Å²) in [6.07, 6.45) is 0. The lowest BCUT2D eigenvalue weighted by molar-refractivity contribution is 0.0730. The third-order valence-electron chi connectivity index (χ3n) is 6.17. The molecule has 1 aromatic heterocycles. The molecule has 10 nitrogen and oxygen atoms in total. The molecule has 2 aromatic carbocycles. The number of nitrogens with zero attached hydrogens (tertiary/aromatic N) is 2. The van der Waals surface area contributed by atoms with Crippen molar-refractivity contribution in [2.45, 2.75) is 4.90 Å². The van der Waals surface area contributed by atoms with Gasteiger partial charge in [-0.25, -0.2) is 8.42 Å². The van der Waals surface area contributed by atoms with Crippen molar-refractivity contribution < 1.29 is 22.7 Å². The molecular formula is C24H26N4O6S. The number of fused-ring (bicyclic) bond motifs is 1. The van der Waals surface area contributed by atoms with E-state index in [9.17, 15) is 18.0 Å². The summed E-state index contributed by atoms with van der Waals surface area (Å²) < 4.78 is 38.4. The van der Waals surface area contributed by atoms with Gasteiger partial charge in [-0.3, -0.25) is 9.59 Å². The fourth-order valence-electron chi connectivity index (χ4n) is 4.37. The summed E-state index contributed by atoms with van der Waals surface area (Å²) in [5, 5.41) is 3.26. The lowest BCUT2D eigenvalue weighted by Crippen LogP contribution is -2.40. The molecule has 0 radical (unpaired) electrons. The highest BCUT2D eigenvalue weighted by molar-refractivity contribution is 7.89. The number of aromatic amines is 1. The van der Waals surface area contributed by atoms with Crippen LogP contribution < -0.4 is 15.8 Å². The van der Waals surface area contributed by atoms with Crippen LogP contribution in [0, 0.1) is 0 Å². The first-order chi connectivity index (χ1) is 16.9. The van der Waals surface area contributed by atoms with Gasteiger partial charge >= 0.3 is 0 Å². The SMILES string of the molecule is O=C(Nc1ccccc1N1CCOCC1)c1cc(=O)[nH]c2ccc(S(=O)(=O)N3CCOCC3)cc12. The van der Waals surface area contributed by atoms with Gasteiger partial charge in [0, 0.05) is 43.1 Å². The van der Waals surface area contributed by atoms with E-state index in [0.29, 0.717) is 56.1 Å². The third kappa shape index (κ3) is 4.80. The Balaban J connectivity index is 1.51. The Bertz CT molecular complexity index is 1410. The van der Waals surface area contributed by atoms with E-state index in [4.69, 9.17) is 9.47 Å². The summed E-state index contributed by atoms with van der Waals surface area (Å²) in [5.41, 5.74) is 1.48. The zero-order valence-electron chi connectivity index (χ0n) is 19.0. The Kier molecular flexibility index (Phi) is 6.56. The summed E-state index contributed by atoms with van der Waals surface area (Å²) in [6.45, 7) is 3.78. The van der Waals surface area contributed by atoms with Crippen LogP contribution in [0.3, 0.4) is 0 Å². The monoisotopic (exact) mass is 498 g/mol. The van der Waals surface area contributed by atoms with Crippen molar-refractivity contribution in [2.75, 3.05) is 62.8 Å². The van der Waals surface area contributed by atoms with E-state index < -0.39 is 21.5 Å². The summed E-state index contributed by atoms with van der Waals surface area (Å²) in [5.74, 6) is -0.497. The van der Waals surface area contributed by atoms with Crippen molar-refractivity contribution in [3.8, 4) is 0 Å². The number of rotatable bonds is 5. The quantitative estimate of drug-likeness (QED) is 0.549. The second-order valence-corrected chi connectivity index (χ2v) is 10.3. The number of pyridine rings is 1. The summed E-state index contributed by atoms with van der Waals surface area (Å²) in [6, 6.07) is 13.0. The maximum Gasteiger partial charge on any atom is 0.256 e. The number of carbonyl (C=O) groups is 1. The van der Waals surface area contributed by atoms with Crippen LogP contribution in [-0.2, 0) is 19.5 Å². The molecular weight excluding hydrogens is 472 g/mol. The van der Waals surface area contributed by atoms with Crippen LogP contribution >= 0.6 is 0 Å².